The third-order valence-electron chi connectivity index (χ3n) is 2.23. The lowest BCUT2D eigenvalue weighted by Crippen LogP contribution is -2.07. The average Bonchev–Trinajstić information content (AvgIpc) is 2.40. The van der Waals surface area contributed by atoms with Crippen molar-refractivity contribution in [3.8, 4) is 0 Å². The van der Waals surface area contributed by atoms with Crippen LogP contribution in [-0.4, -0.2) is 11.5 Å². The van der Waals surface area contributed by atoms with Crippen LogP contribution in [0.2, 0.25) is 0 Å². The molecule has 0 aromatic heterocycles. The van der Waals surface area contributed by atoms with Gasteiger partial charge in [-0.05, 0) is 12.3 Å². The molecular weight excluding hydrogens is 195 g/mol. The molecule has 1 aliphatic carbocycles. The second-order valence-corrected chi connectivity index (χ2v) is 3.79. The topological polar surface area (TPSA) is 0 Å². The number of hydrogen-bond donors (Lipinski definition) is 0. The molecule has 1 fully saturated rings. The summed E-state index contributed by atoms with van der Waals surface area (Å²) in [6, 6.07) is 0. The Morgan fingerprint density at radius 1 is 1.40 bits per heavy atom. The van der Waals surface area contributed by atoms with Crippen LogP contribution in [0.4, 0.5) is 4.39 Å². The van der Waals surface area contributed by atoms with Crippen LogP contribution in [0.1, 0.15) is 32.1 Å². The van der Waals surface area contributed by atoms with Gasteiger partial charge in [-0.15, -0.1) is 0 Å². The van der Waals surface area contributed by atoms with Gasteiger partial charge in [-0.1, -0.05) is 41.6 Å². The molecule has 1 aliphatic rings. The van der Waals surface area contributed by atoms with Gasteiger partial charge >= 0.3 is 0 Å². The lowest BCUT2D eigenvalue weighted by Gasteiger charge is -2.09. The Balaban J connectivity index is 2.11. The maximum atomic E-state index is 12.7. The second kappa shape index (κ2) is 4.32. The highest BCUT2D eigenvalue weighted by Crippen LogP contribution is 2.29. The lowest BCUT2D eigenvalue weighted by molar-refractivity contribution is 0.296. The molecule has 0 saturated heterocycles. The summed E-state index contributed by atoms with van der Waals surface area (Å²) in [4.78, 5) is 0. The van der Waals surface area contributed by atoms with E-state index in [0.29, 0.717) is 11.2 Å². The second-order valence-electron chi connectivity index (χ2n) is 3.14. The van der Waals surface area contributed by atoms with Crippen molar-refractivity contribution < 1.29 is 4.39 Å². The predicted octanol–water partition coefficient (Wildman–Crippen LogP) is 3.30. The highest BCUT2D eigenvalue weighted by molar-refractivity contribution is 9.09. The van der Waals surface area contributed by atoms with Crippen molar-refractivity contribution in [1.29, 1.82) is 0 Å². The van der Waals surface area contributed by atoms with Crippen LogP contribution < -0.4 is 0 Å². The van der Waals surface area contributed by atoms with E-state index < -0.39 is 6.17 Å². The van der Waals surface area contributed by atoms with Crippen molar-refractivity contribution in [2.45, 2.75) is 38.3 Å². The lowest BCUT2D eigenvalue weighted by atomic mass is 10.0. The summed E-state index contributed by atoms with van der Waals surface area (Å²) in [5.74, 6) is 0.688. The van der Waals surface area contributed by atoms with E-state index in [1.54, 1.807) is 0 Å². The molecule has 60 valence electrons. The molecular formula is C8H14BrF. The Morgan fingerprint density at radius 2 is 2.00 bits per heavy atom. The minimum Gasteiger partial charge on any atom is -0.247 e. The minimum atomic E-state index is -0.608. The summed E-state index contributed by atoms with van der Waals surface area (Å²) >= 11 is 3.15. The van der Waals surface area contributed by atoms with Gasteiger partial charge in [-0.3, -0.25) is 0 Å². The number of rotatable bonds is 3. The van der Waals surface area contributed by atoms with Crippen LogP contribution in [-0.2, 0) is 0 Å². The first-order chi connectivity index (χ1) is 4.83. The fourth-order valence-corrected chi connectivity index (χ4v) is 1.94. The molecule has 0 nitrogen and oxygen atoms in total. The van der Waals surface area contributed by atoms with Gasteiger partial charge in [0.05, 0.1) is 0 Å². The number of hydrogen-bond acceptors (Lipinski definition) is 0. The summed E-state index contributed by atoms with van der Waals surface area (Å²) < 4.78 is 12.7. The van der Waals surface area contributed by atoms with E-state index in [1.807, 2.05) is 0 Å². The normalized spacial score (nSPS) is 23.4. The third-order valence-corrected chi connectivity index (χ3v) is 2.93. The smallest absolute Gasteiger partial charge is 0.110 e. The van der Waals surface area contributed by atoms with Crippen LogP contribution in [0.3, 0.4) is 0 Å². The Morgan fingerprint density at radius 3 is 2.50 bits per heavy atom. The molecule has 2 heteroatoms. The van der Waals surface area contributed by atoms with E-state index >= 15 is 0 Å². The zero-order valence-corrected chi connectivity index (χ0v) is 7.74. The standard InChI is InChI=1S/C8H14BrF/c9-6-8(10)5-7-3-1-2-4-7/h7-8H,1-6H2. The van der Waals surface area contributed by atoms with Gasteiger partial charge in [0.25, 0.3) is 0 Å². The molecule has 1 unspecified atom stereocenters. The van der Waals surface area contributed by atoms with Gasteiger partial charge in [-0.2, -0.15) is 0 Å². The van der Waals surface area contributed by atoms with Crippen LogP contribution in [0.5, 0.6) is 0 Å². The minimum absolute atomic E-state index is 0.517. The van der Waals surface area contributed by atoms with Crippen molar-refractivity contribution in [2.24, 2.45) is 5.92 Å². The molecule has 0 aliphatic heterocycles. The van der Waals surface area contributed by atoms with Gasteiger partial charge in [0.1, 0.15) is 6.17 Å². The number of halogens is 2. The van der Waals surface area contributed by atoms with Gasteiger partial charge < -0.3 is 0 Å². The molecule has 1 saturated carbocycles. The van der Waals surface area contributed by atoms with Gasteiger partial charge in [0, 0.05) is 5.33 Å². The summed E-state index contributed by atoms with van der Waals surface area (Å²) in [6.45, 7) is 0. The van der Waals surface area contributed by atoms with Crippen molar-refractivity contribution in [2.75, 3.05) is 5.33 Å². The highest BCUT2D eigenvalue weighted by Gasteiger charge is 2.18. The molecule has 1 rings (SSSR count). The molecule has 0 spiro atoms. The first-order valence-electron chi connectivity index (χ1n) is 4.03. The fraction of sp³-hybridized carbons (Fsp3) is 1.00. The van der Waals surface area contributed by atoms with E-state index in [9.17, 15) is 4.39 Å². The molecule has 0 aromatic carbocycles. The van der Waals surface area contributed by atoms with Gasteiger partial charge in [0.2, 0.25) is 0 Å². The maximum Gasteiger partial charge on any atom is 0.110 e. The van der Waals surface area contributed by atoms with Gasteiger partial charge in [0.15, 0.2) is 0 Å². The fourth-order valence-electron chi connectivity index (χ4n) is 1.67. The van der Waals surface area contributed by atoms with Crippen LogP contribution in [0, 0.1) is 5.92 Å². The summed E-state index contributed by atoms with van der Waals surface area (Å²) in [5, 5.41) is 0.517. The zero-order chi connectivity index (χ0) is 7.40. The maximum absolute atomic E-state index is 12.7. The summed E-state index contributed by atoms with van der Waals surface area (Å²) in [6.07, 6.45) is 5.33. The van der Waals surface area contributed by atoms with Crippen molar-refractivity contribution in [1.82, 2.24) is 0 Å². The third kappa shape index (κ3) is 2.57. The molecule has 10 heavy (non-hydrogen) atoms. The monoisotopic (exact) mass is 208 g/mol. The Bertz CT molecular complexity index is 89.3. The summed E-state index contributed by atoms with van der Waals surface area (Å²) in [5.41, 5.74) is 0. The molecule has 0 amide bonds. The predicted molar refractivity (Wildman–Crippen MR) is 45.3 cm³/mol. The largest absolute Gasteiger partial charge is 0.247 e. The quantitative estimate of drug-likeness (QED) is 0.625. The van der Waals surface area contributed by atoms with Crippen molar-refractivity contribution in [3.05, 3.63) is 0 Å². The SMILES string of the molecule is FC(CBr)CC1CCCC1. The van der Waals surface area contributed by atoms with Crippen LogP contribution in [0.25, 0.3) is 0 Å². The van der Waals surface area contributed by atoms with Gasteiger partial charge in [-0.25, -0.2) is 4.39 Å². The van der Waals surface area contributed by atoms with Crippen molar-refractivity contribution in [3.63, 3.8) is 0 Å². The molecule has 0 heterocycles. The first-order valence-corrected chi connectivity index (χ1v) is 5.15. The average molecular weight is 209 g/mol. The first kappa shape index (κ1) is 8.51. The Kier molecular flexibility index (Phi) is 3.68. The van der Waals surface area contributed by atoms with E-state index in [-0.39, 0.29) is 0 Å². The molecule has 0 radical (unpaired) electrons. The summed E-state index contributed by atoms with van der Waals surface area (Å²) in [7, 11) is 0. The zero-order valence-electron chi connectivity index (χ0n) is 6.15. The number of alkyl halides is 2. The van der Waals surface area contributed by atoms with Crippen LogP contribution >= 0.6 is 15.9 Å². The van der Waals surface area contributed by atoms with E-state index in [1.165, 1.54) is 25.7 Å². The molecule has 0 aromatic rings. The molecule has 1 atom stereocenters. The van der Waals surface area contributed by atoms with E-state index in [0.717, 1.165) is 6.42 Å². The van der Waals surface area contributed by atoms with Crippen molar-refractivity contribution >= 4 is 15.9 Å². The highest BCUT2D eigenvalue weighted by atomic mass is 79.9. The van der Waals surface area contributed by atoms with E-state index in [4.69, 9.17) is 0 Å². The molecule has 0 N–H and O–H groups in total. The Labute approximate surface area is 70.3 Å². The van der Waals surface area contributed by atoms with Crippen LogP contribution in [0.15, 0.2) is 0 Å². The molecule has 0 bridgehead atoms. The Hall–Kier alpha value is 0.410. The van der Waals surface area contributed by atoms with E-state index in [2.05, 4.69) is 15.9 Å².